The molecule has 4 rings (SSSR count). The van der Waals surface area contributed by atoms with Gasteiger partial charge in [0.25, 0.3) is 11.8 Å². The van der Waals surface area contributed by atoms with E-state index in [9.17, 15) is 26.8 Å². The summed E-state index contributed by atoms with van der Waals surface area (Å²) in [6.07, 6.45) is 2.21. The molecular weight excluding hydrogens is 502 g/mol. The SMILES string of the molecule is Cc1cc(NC(=O)c2ccc(F)c(C(F)(F)C(=O)N3C4CC[C@@H]3CC(NS(C)(=O)=O)C4)c2)ccc1F. The van der Waals surface area contributed by atoms with E-state index in [1.54, 1.807) is 0 Å². The van der Waals surface area contributed by atoms with Crippen molar-refractivity contribution in [3.63, 3.8) is 0 Å². The molecule has 36 heavy (non-hydrogen) atoms. The van der Waals surface area contributed by atoms with Crippen LogP contribution in [0.3, 0.4) is 0 Å². The molecule has 2 aromatic carbocycles. The standard InChI is InChI=1S/C24H25F4N3O4S/c1-13-9-15(4-8-20(13)25)29-22(32)14-3-7-21(26)19(10-14)24(27,28)23(33)31-17-5-6-18(31)12-16(11-17)30-36(2,34)35/h3-4,7-10,16-18,30H,5-6,11-12H2,1-2H3,(H,29,32)/t16?,17-,18?/m1/s1. The van der Waals surface area contributed by atoms with Gasteiger partial charge in [-0.25, -0.2) is 21.9 Å². The Morgan fingerprint density at radius 2 is 1.61 bits per heavy atom. The van der Waals surface area contributed by atoms with Gasteiger partial charge >= 0.3 is 5.92 Å². The molecular formula is C24H25F4N3O4S. The quantitative estimate of drug-likeness (QED) is 0.561. The van der Waals surface area contributed by atoms with E-state index in [0.717, 1.165) is 23.3 Å². The van der Waals surface area contributed by atoms with Crippen LogP contribution in [0.1, 0.15) is 47.2 Å². The summed E-state index contributed by atoms with van der Waals surface area (Å²) in [6.45, 7) is 1.49. The van der Waals surface area contributed by atoms with Gasteiger partial charge in [0.1, 0.15) is 11.6 Å². The third kappa shape index (κ3) is 5.24. The molecule has 194 valence electrons. The number of nitrogens with zero attached hydrogens (tertiary/aromatic N) is 1. The number of halogens is 4. The lowest BCUT2D eigenvalue weighted by atomic mass is 9.95. The van der Waals surface area contributed by atoms with Crippen molar-refractivity contribution in [3.05, 3.63) is 64.7 Å². The lowest BCUT2D eigenvalue weighted by Gasteiger charge is -2.40. The molecule has 0 saturated carbocycles. The van der Waals surface area contributed by atoms with Gasteiger partial charge in [-0.05, 0) is 74.6 Å². The van der Waals surface area contributed by atoms with Gasteiger partial charge in [-0.3, -0.25) is 9.59 Å². The maximum absolute atomic E-state index is 15.4. The van der Waals surface area contributed by atoms with Gasteiger partial charge in [0.15, 0.2) is 0 Å². The summed E-state index contributed by atoms with van der Waals surface area (Å²) in [5.74, 6) is -8.51. The Morgan fingerprint density at radius 3 is 2.19 bits per heavy atom. The number of carbonyl (C=O) groups excluding carboxylic acids is 2. The molecule has 0 aliphatic carbocycles. The highest BCUT2D eigenvalue weighted by Crippen LogP contribution is 2.41. The normalized spacial score (nSPS) is 21.9. The van der Waals surface area contributed by atoms with Gasteiger partial charge in [-0.15, -0.1) is 0 Å². The molecule has 2 N–H and O–H groups in total. The van der Waals surface area contributed by atoms with E-state index in [1.165, 1.54) is 19.1 Å². The number of rotatable bonds is 6. The molecule has 2 heterocycles. The van der Waals surface area contributed by atoms with Crippen LogP contribution in [0.4, 0.5) is 23.2 Å². The average Bonchev–Trinajstić information content (AvgIpc) is 3.04. The predicted octanol–water partition coefficient (Wildman–Crippen LogP) is 3.69. The second-order valence-corrected chi connectivity index (χ2v) is 11.1. The highest BCUT2D eigenvalue weighted by atomic mass is 32.2. The number of carbonyl (C=O) groups is 2. The van der Waals surface area contributed by atoms with Crippen molar-refractivity contribution >= 4 is 27.5 Å². The average molecular weight is 528 g/mol. The summed E-state index contributed by atoms with van der Waals surface area (Å²) >= 11 is 0. The van der Waals surface area contributed by atoms with Crippen molar-refractivity contribution in [2.75, 3.05) is 11.6 Å². The molecule has 3 atom stereocenters. The van der Waals surface area contributed by atoms with Crippen LogP contribution in [-0.2, 0) is 20.7 Å². The molecule has 2 aliphatic heterocycles. The second-order valence-electron chi connectivity index (χ2n) is 9.34. The number of alkyl halides is 2. The van der Waals surface area contributed by atoms with Crippen LogP contribution in [0.25, 0.3) is 0 Å². The van der Waals surface area contributed by atoms with Gasteiger partial charge in [0, 0.05) is 29.4 Å². The first kappa shape index (κ1) is 26.1. The fourth-order valence-corrected chi connectivity index (χ4v) is 5.82. The molecule has 7 nitrogen and oxygen atoms in total. The maximum Gasteiger partial charge on any atom is 0.352 e. The lowest BCUT2D eigenvalue weighted by molar-refractivity contribution is -0.164. The third-order valence-corrected chi connectivity index (χ3v) is 7.36. The van der Waals surface area contributed by atoms with Crippen molar-refractivity contribution in [1.82, 2.24) is 9.62 Å². The van der Waals surface area contributed by atoms with Crippen LogP contribution in [-0.4, -0.2) is 49.5 Å². The van der Waals surface area contributed by atoms with E-state index in [-0.39, 0.29) is 29.7 Å². The number of amides is 2. The van der Waals surface area contributed by atoms with Crippen LogP contribution in [0.15, 0.2) is 36.4 Å². The van der Waals surface area contributed by atoms with Crippen LogP contribution in [0.5, 0.6) is 0 Å². The Morgan fingerprint density at radius 1 is 1.00 bits per heavy atom. The summed E-state index contributed by atoms with van der Waals surface area (Å²) in [7, 11) is -3.51. The number of aryl methyl sites for hydroxylation is 1. The van der Waals surface area contributed by atoms with Gasteiger partial charge in [0.05, 0.1) is 11.8 Å². The smallest absolute Gasteiger partial charge is 0.331 e. The molecule has 2 saturated heterocycles. The first-order chi connectivity index (χ1) is 16.8. The number of hydrogen-bond donors (Lipinski definition) is 2. The minimum Gasteiger partial charge on any atom is -0.331 e. The number of benzene rings is 2. The first-order valence-electron chi connectivity index (χ1n) is 11.3. The molecule has 0 spiro atoms. The highest BCUT2D eigenvalue weighted by Gasteiger charge is 2.53. The van der Waals surface area contributed by atoms with Crippen molar-refractivity contribution in [1.29, 1.82) is 0 Å². The number of sulfonamides is 1. The summed E-state index contributed by atoms with van der Waals surface area (Å²) in [5.41, 5.74) is -1.06. The molecule has 12 heteroatoms. The zero-order chi connectivity index (χ0) is 26.4. The Kier molecular flexibility index (Phi) is 6.86. The van der Waals surface area contributed by atoms with Crippen molar-refractivity contribution in [2.45, 2.75) is 56.7 Å². The molecule has 2 aliphatic rings. The van der Waals surface area contributed by atoms with E-state index in [1.807, 2.05) is 0 Å². The first-order valence-corrected chi connectivity index (χ1v) is 13.2. The number of nitrogens with one attached hydrogen (secondary N) is 2. The van der Waals surface area contributed by atoms with Gasteiger partial charge in [-0.2, -0.15) is 8.78 Å². The van der Waals surface area contributed by atoms with E-state index in [2.05, 4.69) is 10.0 Å². The molecule has 0 aromatic heterocycles. The van der Waals surface area contributed by atoms with Gasteiger partial charge in [0.2, 0.25) is 10.0 Å². The van der Waals surface area contributed by atoms with Gasteiger partial charge in [-0.1, -0.05) is 0 Å². The summed E-state index contributed by atoms with van der Waals surface area (Å²) in [4.78, 5) is 26.7. The topological polar surface area (TPSA) is 95.6 Å². The minimum atomic E-state index is -4.26. The molecule has 2 fully saturated rings. The molecule has 2 amide bonds. The van der Waals surface area contributed by atoms with Crippen LogP contribution >= 0.6 is 0 Å². The fourth-order valence-electron chi connectivity index (χ4n) is 5.02. The zero-order valence-electron chi connectivity index (χ0n) is 19.5. The zero-order valence-corrected chi connectivity index (χ0v) is 20.3. The third-order valence-electron chi connectivity index (χ3n) is 6.60. The number of fused-ring (bicyclic) bond motifs is 2. The van der Waals surface area contributed by atoms with Crippen molar-refractivity contribution in [3.8, 4) is 0 Å². The Bertz CT molecular complexity index is 1300. The molecule has 0 radical (unpaired) electrons. The van der Waals surface area contributed by atoms with Crippen LogP contribution < -0.4 is 10.0 Å². The second kappa shape index (κ2) is 9.47. The maximum atomic E-state index is 15.4. The summed E-state index contributed by atoms with van der Waals surface area (Å²) < 4.78 is 84.4. The van der Waals surface area contributed by atoms with Crippen molar-refractivity contribution in [2.24, 2.45) is 0 Å². The predicted molar refractivity (Wildman–Crippen MR) is 124 cm³/mol. The number of hydrogen-bond acceptors (Lipinski definition) is 4. The minimum absolute atomic E-state index is 0.174. The largest absolute Gasteiger partial charge is 0.352 e. The van der Waals surface area contributed by atoms with Crippen molar-refractivity contribution < 1.29 is 35.6 Å². The van der Waals surface area contributed by atoms with Crippen LogP contribution in [0.2, 0.25) is 0 Å². The number of anilines is 1. The molecule has 2 unspecified atom stereocenters. The Hall–Kier alpha value is -2.99. The summed E-state index contributed by atoms with van der Waals surface area (Å²) in [6, 6.07) is 4.42. The Labute approximate surface area is 205 Å². The Balaban J connectivity index is 1.55. The van der Waals surface area contributed by atoms with E-state index in [4.69, 9.17) is 0 Å². The van der Waals surface area contributed by atoms with E-state index in [0.29, 0.717) is 25.0 Å². The number of piperidine rings is 1. The fraction of sp³-hybridized carbons (Fsp3) is 0.417. The lowest BCUT2D eigenvalue weighted by Crippen LogP contribution is -2.55. The van der Waals surface area contributed by atoms with Gasteiger partial charge < -0.3 is 10.2 Å². The van der Waals surface area contributed by atoms with E-state index < -0.39 is 63.1 Å². The monoisotopic (exact) mass is 527 g/mol. The van der Waals surface area contributed by atoms with Crippen LogP contribution in [0, 0.1) is 18.6 Å². The summed E-state index contributed by atoms with van der Waals surface area (Å²) in [5, 5.41) is 2.44. The molecule has 2 bridgehead atoms. The molecule has 2 aromatic rings. The van der Waals surface area contributed by atoms with E-state index >= 15 is 8.78 Å². The highest BCUT2D eigenvalue weighted by molar-refractivity contribution is 7.88.